The SMILES string of the molecule is COc1ccc(CCNC(=O)C2CCN(S(=O)(=O)/C=C/c3ccccc3)CC2)c(OC)c1. The lowest BCUT2D eigenvalue weighted by molar-refractivity contribution is -0.126. The van der Waals surface area contributed by atoms with Crippen LogP contribution in [0.2, 0.25) is 0 Å². The number of piperidine rings is 1. The molecule has 0 bridgehead atoms. The van der Waals surface area contributed by atoms with Crippen molar-refractivity contribution in [2.75, 3.05) is 33.9 Å². The number of methoxy groups -OCH3 is 2. The third-order valence-corrected chi connectivity index (χ3v) is 7.17. The molecule has 0 unspecified atom stereocenters. The van der Waals surface area contributed by atoms with Gasteiger partial charge in [-0.2, -0.15) is 4.31 Å². The third-order valence-electron chi connectivity index (χ3n) is 5.60. The van der Waals surface area contributed by atoms with Gasteiger partial charge >= 0.3 is 0 Å². The van der Waals surface area contributed by atoms with Gasteiger partial charge in [-0.1, -0.05) is 36.4 Å². The second-order valence-corrected chi connectivity index (χ2v) is 9.47. The van der Waals surface area contributed by atoms with E-state index in [1.165, 1.54) is 9.71 Å². The number of hydrogen-bond acceptors (Lipinski definition) is 5. The average molecular weight is 459 g/mol. The van der Waals surface area contributed by atoms with Gasteiger partial charge in [-0.3, -0.25) is 4.79 Å². The lowest BCUT2D eigenvalue weighted by Gasteiger charge is -2.29. The average Bonchev–Trinajstić information content (AvgIpc) is 2.83. The number of hydrogen-bond donors (Lipinski definition) is 1. The molecule has 0 atom stereocenters. The molecule has 0 aliphatic carbocycles. The molecule has 1 aliphatic rings. The Labute approximate surface area is 190 Å². The molecule has 0 spiro atoms. The predicted molar refractivity (Wildman–Crippen MR) is 125 cm³/mol. The number of carbonyl (C=O) groups is 1. The van der Waals surface area contributed by atoms with Gasteiger partial charge in [0.25, 0.3) is 0 Å². The zero-order valence-electron chi connectivity index (χ0n) is 18.5. The Bertz CT molecular complexity index is 1030. The van der Waals surface area contributed by atoms with E-state index in [2.05, 4.69) is 5.32 Å². The van der Waals surface area contributed by atoms with Gasteiger partial charge in [-0.05, 0) is 42.5 Å². The van der Waals surface area contributed by atoms with Crippen molar-refractivity contribution >= 4 is 22.0 Å². The number of ether oxygens (including phenoxy) is 2. The van der Waals surface area contributed by atoms with Crippen LogP contribution >= 0.6 is 0 Å². The standard InChI is InChI=1S/C24H30N2O5S/c1-30-22-9-8-20(23(18-22)31-2)10-14-25-24(27)21-11-15-26(16-12-21)32(28,29)17-13-19-6-4-3-5-7-19/h3-9,13,17-18,21H,10-12,14-16H2,1-2H3,(H,25,27)/b17-13+. The summed E-state index contributed by atoms with van der Waals surface area (Å²) in [6, 6.07) is 14.9. The quantitative estimate of drug-likeness (QED) is 0.624. The molecule has 1 aliphatic heterocycles. The fourth-order valence-corrected chi connectivity index (χ4v) is 4.93. The van der Waals surface area contributed by atoms with E-state index in [1.807, 2.05) is 48.5 Å². The predicted octanol–water partition coefficient (Wildman–Crippen LogP) is 3.08. The lowest BCUT2D eigenvalue weighted by atomic mass is 9.97. The van der Waals surface area contributed by atoms with Crippen molar-refractivity contribution in [3.05, 3.63) is 65.1 Å². The van der Waals surface area contributed by atoms with Gasteiger partial charge in [0.1, 0.15) is 11.5 Å². The number of sulfonamides is 1. The van der Waals surface area contributed by atoms with Gasteiger partial charge in [-0.15, -0.1) is 0 Å². The van der Waals surface area contributed by atoms with Crippen molar-refractivity contribution < 1.29 is 22.7 Å². The first-order chi connectivity index (χ1) is 15.4. The van der Waals surface area contributed by atoms with E-state index in [1.54, 1.807) is 20.3 Å². The second kappa shape index (κ2) is 11.2. The monoisotopic (exact) mass is 458 g/mol. The van der Waals surface area contributed by atoms with Crippen LogP contribution in [0.5, 0.6) is 11.5 Å². The van der Waals surface area contributed by atoms with E-state index in [4.69, 9.17) is 9.47 Å². The number of benzene rings is 2. The summed E-state index contributed by atoms with van der Waals surface area (Å²) >= 11 is 0. The van der Waals surface area contributed by atoms with E-state index in [-0.39, 0.29) is 11.8 Å². The van der Waals surface area contributed by atoms with Gasteiger partial charge in [-0.25, -0.2) is 8.42 Å². The third kappa shape index (κ3) is 6.34. The van der Waals surface area contributed by atoms with Crippen molar-refractivity contribution in [1.82, 2.24) is 9.62 Å². The smallest absolute Gasteiger partial charge is 0.236 e. The van der Waals surface area contributed by atoms with Gasteiger partial charge < -0.3 is 14.8 Å². The van der Waals surface area contributed by atoms with Gasteiger partial charge in [0.2, 0.25) is 15.9 Å². The number of rotatable bonds is 9. The number of nitrogens with zero attached hydrogens (tertiary/aromatic N) is 1. The van der Waals surface area contributed by atoms with Crippen LogP contribution in [0.15, 0.2) is 53.9 Å². The number of amides is 1. The van der Waals surface area contributed by atoms with Crippen molar-refractivity contribution in [1.29, 1.82) is 0 Å². The van der Waals surface area contributed by atoms with Crippen molar-refractivity contribution in [2.24, 2.45) is 5.92 Å². The van der Waals surface area contributed by atoms with E-state index in [0.29, 0.717) is 38.9 Å². The topological polar surface area (TPSA) is 84.9 Å². The Hall–Kier alpha value is -2.84. The van der Waals surface area contributed by atoms with Crippen molar-refractivity contribution in [3.8, 4) is 11.5 Å². The molecule has 172 valence electrons. The largest absolute Gasteiger partial charge is 0.497 e. The molecular weight excluding hydrogens is 428 g/mol. The molecule has 2 aromatic rings. The highest BCUT2D eigenvalue weighted by Gasteiger charge is 2.29. The molecule has 0 radical (unpaired) electrons. The minimum absolute atomic E-state index is 0.0330. The summed E-state index contributed by atoms with van der Waals surface area (Å²) in [4.78, 5) is 12.6. The maximum absolute atomic E-state index is 12.6. The first-order valence-corrected chi connectivity index (χ1v) is 12.1. The molecule has 1 amide bonds. The minimum atomic E-state index is -3.50. The first-order valence-electron chi connectivity index (χ1n) is 10.6. The molecule has 0 saturated carbocycles. The maximum atomic E-state index is 12.6. The molecule has 0 aromatic heterocycles. The Morgan fingerprint density at radius 3 is 2.47 bits per heavy atom. The molecule has 1 N–H and O–H groups in total. The van der Waals surface area contributed by atoms with Crippen LogP contribution < -0.4 is 14.8 Å². The Morgan fingerprint density at radius 1 is 1.09 bits per heavy atom. The summed E-state index contributed by atoms with van der Waals surface area (Å²) in [6.07, 6.45) is 3.25. The van der Waals surface area contributed by atoms with Crippen LogP contribution in [-0.2, 0) is 21.2 Å². The van der Waals surface area contributed by atoms with Crippen LogP contribution in [-0.4, -0.2) is 52.5 Å². The van der Waals surface area contributed by atoms with Crippen LogP contribution in [0.3, 0.4) is 0 Å². The van der Waals surface area contributed by atoms with Crippen LogP contribution in [0.4, 0.5) is 0 Å². The van der Waals surface area contributed by atoms with Crippen molar-refractivity contribution in [3.63, 3.8) is 0 Å². The molecule has 1 saturated heterocycles. The van der Waals surface area contributed by atoms with Crippen LogP contribution in [0.25, 0.3) is 6.08 Å². The highest BCUT2D eigenvalue weighted by atomic mass is 32.2. The number of nitrogens with one attached hydrogen (secondary N) is 1. The van der Waals surface area contributed by atoms with E-state index in [9.17, 15) is 13.2 Å². The Kier molecular flexibility index (Phi) is 8.30. The molecule has 1 fully saturated rings. The van der Waals surface area contributed by atoms with Crippen molar-refractivity contribution in [2.45, 2.75) is 19.3 Å². The molecular formula is C24H30N2O5S. The van der Waals surface area contributed by atoms with Crippen LogP contribution in [0, 0.1) is 5.92 Å². The minimum Gasteiger partial charge on any atom is -0.497 e. The summed E-state index contributed by atoms with van der Waals surface area (Å²) in [5.41, 5.74) is 1.82. The van der Waals surface area contributed by atoms with Gasteiger partial charge in [0, 0.05) is 37.0 Å². The zero-order chi connectivity index (χ0) is 23.0. The van der Waals surface area contributed by atoms with Crippen LogP contribution in [0.1, 0.15) is 24.0 Å². The van der Waals surface area contributed by atoms with E-state index in [0.717, 1.165) is 22.6 Å². The second-order valence-electron chi connectivity index (χ2n) is 7.65. The molecule has 32 heavy (non-hydrogen) atoms. The first kappa shape index (κ1) is 23.8. The zero-order valence-corrected chi connectivity index (χ0v) is 19.3. The fourth-order valence-electron chi connectivity index (χ4n) is 3.71. The number of carbonyl (C=O) groups excluding carboxylic acids is 1. The maximum Gasteiger partial charge on any atom is 0.236 e. The molecule has 3 rings (SSSR count). The molecule has 1 heterocycles. The summed E-state index contributed by atoms with van der Waals surface area (Å²) in [6.45, 7) is 1.16. The molecule has 2 aromatic carbocycles. The summed E-state index contributed by atoms with van der Waals surface area (Å²) in [5.74, 6) is 1.22. The summed E-state index contributed by atoms with van der Waals surface area (Å²) in [7, 11) is -0.293. The Morgan fingerprint density at radius 2 is 1.81 bits per heavy atom. The van der Waals surface area contributed by atoms with E-state index >= 15 is 0 Å². The van der Waals surface area contributed by atoms with Gasteiger partial charge in [0.15, 0.2) is 0 Å². The molecule has 7 nitrogen and oxygen atoms in total. The summed E-state index contributed by atoms with van der Waals surface area (Å²) < 4.78 is 37.2. The normalized spacial score (nSPS) is 15.6. The van der Waals surface area contributed by atoms with Gasteiger partial charge in [0.05, 0.1) is 14.2 Å². The van der Waals surface area contributed by atoms with E-state index < -0.39 is 10.0 Å². The fraction of sp³-hybridized carbons (Fsp3) is 0.375. The lowest BCUT2D eigenvalue weighted by Crippen LogP contribution is -2.42. The Balaban J connectivity index is 1.47. The highest BCUT2D eigenvalue weighted by Crippen LogP contribution is 2.25. The molecule has 8 heteroatoms. The highest BCUT2D eigenvalue weighted by molar-refractivity contribution is 7.92. The summed E-state index contributed by atoms with van der Waals surface area (Å²) in [5, 5.41) is 4.21.